The predicted molar refractivity (Wildman–Crippen MR) is 68.0 cm³/mol. The molecular weight excluding hydrogens is 235 g/mol. The molecule has 1 N–H and O–H groups in total. The molecule has 0 amide bonds. The lowest BCUT2D eigenvalue weighted by Gasteiger charge is -2.10. The Labute approximate surface area is 107 Å². The maximum absolute atomic E-state index is 13.6. The molecule has 5 heteroatoms. The first-order chi connectivity index (χ1) is 8.54. The van der Waals surface area contributed by atoms with Gasteiger partial charge in [0.25, 0.3) is 0 Å². The first-order valence-electron chi connectivity index (χ1n) is 5.76. The van der Waals surface area contributed by atoms with E-state index in [0.717, 1.165) is 18.7 Å². The van der Waals surface area contributed by atoms with Gasteiger partial charge in [-0.15, -0.1) is 0 Å². The molecule has 18 heavy (non-hydrogen) atoms. The number of benzene rings is 1. The Morgan fingerprint density at radius 1 is 1.44 bits per heavy atom. The van der Waals surface area contributed by atoms with Gasteiger partial charge in [0.2, 0.25) is 0 Å². The molecule has 1 aromatic carbocycles. The Morgan fingerprint density at radius 2 is 2.17 bits per heavy atom. The van der Waals surface area contributed by atoms with Crippen molar-refractivity contribution in [1.82, 2.24) is 10.2 Å². The highest BCUT2D eigenvalue weighted by Crippen LogP contribution is 2.11. The number of rotatable bonds is 6. The van der Waals surface area contributed by atoms with E-state index in [-0.39, 0.29) is 5.56 Å². The molecule has 0 saturated heterocycles. The highest BCUT2D eigenvalue weighted by atomic mass is 19.1. The van der Waals surface area contributed by atoms with Gasteiger partial charge in [0, 0.05) is 19.6 Å². The van der Waals surface area contributed by atoms with Crippen molar-refractivity contribution >= 4 is 5.97 Å². The molecule has 100 valence electrons. The largest absolute Gasteiger partial charge is 0.465 e. The Balaban J connectivity index is 2.54. The number of hydrogen-bond acceptors (Lipinski definition) is 4. The van der Waals surface area contributed by atoms with Gasteiger partial charge in [0.1, 0.15) is 5.82 Å². The van der Waals surface area contributed by atoms with Crippen LogP contribution in [0, 0.1) is 5.82 Å². The normalized spacial score (nSPS) is 10.7. The van der Waals surface area contributed by atoms with Crippen molar-refractivity contribution in [2.75, 3.05) is 34.3 Å². The second-order valence-corrected chi connectivity index (χ2v) is 4.29. The van der Waals surface area contributed by atoms with Crippen molar-refractivity contribution in [2.24, 2.45) is 0 Å². The topological polar surface area (TPSA) is 41.6 Å². The number of nitrogens with one attached hydrogen (secondary N) is 1. The molecule has 1 rings (SSSR count). The molecule has 0 saturated carbocycles. The van der Waals surface area contributed by atoms with Crippen molar-refractivity contribution in [3.05, 3.63) is 35.1 Å². The van der Waals surface area contributed by atoms with Crippen LogP contribution in [0.2, 0.25) is 0 Å². The van der Waals surface area contributed by atoms with E-state index >= 15 is 0 Å². The van der Waals surface area contributed by atoms with Crippen LogP contribution in [0.1, 0.15) is 15.9 Å². The lowest BCUT2D eigenvalue weighted by Crippen LogP contribution is -2.26. The molecular formula is C13H19FN2O2. The fourth-order valence-corrected chi connectivity index (χ4v) is 1.48. The van der Waals surface area contributed by atoms with E-state index in [2.05, 4.69) is 15.0 Å². The number of hydrogen-bond donors (Lipinski definition) is 1. The molecule has 0 aliphatic carbocycles. The molecule has 0 atom stereocenters. The monoisotopic (exact) mass is 254 g/mol. The van der Waals surface area contributed by atoms with Gasteiger partial charge in [-0.1, -0.05) is 6.07 Å². The van der Waals surface area contributed by atoms with Gasteiger partial charge in [-0.05, 0) is 31.8 Å². The fourth-order valence-electron chi connectivity index (χ4n) is 1.48. The summed E-state index contributed by atoms with van der Waals surface area (Å²) in [6, 6.07) is 4.52. The first kappa shape index (κ1) is 14.6. The van der Waals surface area contributed by atoms with E-state index in [1.807, 2.05) is 14.1 Å². The maximum atomic E-state index is 13.6. The molecule has 1 aromatic rings. The van der Waals surface area contributed by atoms with Crippen LogP contribution in [0.3, 0.4) is 0 Å². The van der Waals surface area contributed by atoms with Gasteiger partial charge in [0.15, 0.2) is 0 Å². The van der Waals surface area contributed by atoms with Crippen LogP contribution < -0.4 is 5.32 Å². The first-order valence-corrected chi connectivity index (χ1v) is 5.76. The summed E-state index contributed by atoms with van der Waals surface area (Å²) in [5.74, 6) is -1.20. The summed E-state index contributed by atoms with van der Waals surface area (Å²) in [5.41, 5.74) is 0.772. The lowest BCUT2D eigenvalue weighted by molar-refractivity contribution is 0.0595. The fraction of sp³-hybridized carbons (Fsp3) is 0.462. The molecule has 4 nitrogen and oxygen atoms in total. The van der Waals surface area contributed by atoms with Crippen LogP contribution in [0.25, 0.3) is 0 Å². The summed E-state index contributed by atoms with van der Waals surface area (Å²) in [4.78, 5) is 13.3. The SMILES string of the molecule is COC(=O)c1ccc(CNCCN(C)C)cc1F. The third-order valence-electron chi connectivity index (χ3n) is 2.50. The molecule has 0 aliphatic heterocycles. The molecule has 0 heterocycles. The van der Waals surface area contributed by atoms with Crippen LogP contribution in [-0.4, -0.2) is 45.2 Å². The van der Waals surface area contributed by atoms with E-state index in [1.165, 1.54) is 19.2 Å². The summed E-state index contributed by atoms with van der Waals surface area (Å²) in [5, 5.41) is 3.20. The average Bonchev–Trinajstić information content (AvgIpc) is 2.33. The summed E-state index contributed by atoms with van der Waals surface area (Å²) < 4.78 is 18.1. The highest BCUT2D eigenvalue weighted by Gasteiger charge is 2.11. The predicted octanol–water partition coefficient (Wildman–Crippen LogP) is 1.26. The average molecular weight is 254 g/mol. The van der Waals surface area contributed by atoms with E-state index in [4.69, 9.17) is 0 Å². The molecule has 0 unspecified atom stereocenters. The van der Waals surface area contributed by atoms with Crippen molar-refractivity contribution < 1.29 is 13.9 Å². The van der Waals surface area contributed by atoms with Crippen LogP contribution in [0.4, 0.5) is 4.39 Å². The Hall–Kier alpha value is -1.46. The Kier molecular flexibility index (Phi) is 5.74. The third kappa shape index (κ3) is 4.43. The van der Waals surface area contributed by atoms with Gasteiger partial charge in [-0.2, -0.15) is 0 Å². The van der Waals surface area contributed by atoms with E-state index < -0.39 is 11.8 Å². The van der Waals surface area contributed by atoms with Gasteiger partial charge in [-0.3, -0.25) is 0 Å². The summed E-state index contributed by atoms with van der Waals surface area (Å²) in [6.45, 7) is 2.32. The molecule has 0 aliphatic rings. The maximum Gasteiger partial charge on any atom is 0.340 e. The van der Waals surface area contributed by atoms with Crippen LogP contribution in [-0.2, 0) is 11.3 Å². The van der Waals surface area contributed by atoms with Crippen molar-refractivity contribution in [3.8, 4) is 0 Å². The second kappa shape index (κ2) is 7.08. The number of nitrogens with zero attached hydrogens (tertiary/aromatic N) is 1. The summed E-state index contributed by atoms with van der Waals surface area (Å²) in [7, 11) is 5.22. The molecule has 0 spiro atoms. The molecule has 0 aromatic heterocycles. The highest BCUT2D eigenvalue weighted by molar-refractivity contribution is 5.89. The number of carbonyl (C=O) groups excluding carboxylic acids is 1. The number of esters is 1. The minimum Gasteiger partial charge on any atom is -0.465 e. The van der Waals surface area contributed by atoms with Gasteiger partial charge in [0.05, 0.1) is 12.7 Å². The van der Waals surface area contributed by atoms with Crippen molar-refractivity contribution in [2.45, 2.75) is 6.54 Å². The standard InChI is InChI=1S/C13H19FN2O2/c1-16(2)7-6-15-9-10-4-5-11(12(14)8-10)13(17)18-3/h4-5,8,15H,6-7,9H2,1-3H3. The van der Waals surface area contributed by atoms with E-state index in [9.17, 15) is 9.18 Å². The second-order valence-electron chi connectivity index (χ2n) is 4.29. The molecule has 0 fully saturated rings. The zero-order valence-electron chi connectivity index (χ0n) is 11.0. The quantitative estimate of drug-likeness (QED) is 0.613. The lowest BCUT2D eigenvalue weighted by atomic mass is 10.1. The number of carbonyl (C=O) groups is 1. The van der Waals surface area contributed by atoms with Crippen LogP contribution in [0.15, 0.2) is 18.2 Å². The molecule has 0 radical (unpaired) electrons. The zero-order chi connectivity index (χ0) is 13.5. The van der Waals surface area contributed by atoms with Gasteiger partial charge >= 0.3 is 5.97 Å². The number of halogens is 1. The summed E-state index contributed by atoms with van der Waals surface area (Å²) in [6.07, 6.45) is 0. The van der Waals surface area contributed by atoms with Crippen LogP contribution >= 0.6 is 0 Å². The summed E-state index contributed by atoms with van der Waals surface area (Å²) >= 11 is 0. The Morgan fingerprint density at radius 3 is 2.72 bits per heavy atom. The van der Waals surface area contributed by atoms with E-state index in [0.29, 0.717) is 6.54 Å². The van der Waals surface area contributed by atoms with Gasteiger partial charge in [-0.25, -0.2) is 9.18 Å². The third-order valence-corrected chi connectivity index (χ3v) is 2.50. The Bertz CT molecular complexity index is 408. The molecule has 0 bridgehead atoms. The van der Waals surface area contributed by atoms with Crippen LogP contribution in [0.5, 0.6) is 0 Å². The zero-order valence-corrected chi connectivity index (χ0v) is 11.0. The number of likely N-dealkylation sites (N-methyl/N-ethyl adjacent to an activating group) is 1. The van der Waals surface area contributed by atoms with Gasteiger partial charge < -0.3 is 15.0 Å². The number of methoxy groups -OCH3 is 1. The smallest absolute Gasteiger partial charge is 0.340 e. The minimum atomic E-state index is -0.653. The number of ether oxygens (including phenoxy) is 1. The van der Waals surface area contributed by atoms with E-state index in [1.54, 1.807) is 6.07 Å². The van der Waals surface area contributed by atoms with Crippen molar-refractivity contribution in [3.63, 3.8) is 0 Å². The van der Waals surface area contributed by atoms with Crippen molar-refractivity contribution in [1.29, 1.82) is 0 Å². The minimum absolute atomic E-state index is 0.0328.